The van der Waals surface area contributed by atoms with Gasteiger partial charge in [-0.15, -0.1) is 0 Å². The zero-order valence-corrected chi connectivity index (χ0v) is 12.4. The molecule has 1 atom stereocenters. The van der Waals surface area contributed by atoms with Gasteiger partial charge in [0, 0.05) is 13.1 Å². The number of likely N-dealkylation sites (tertiary alicyclic amines) is 1. The van der Waals surface area contributed by atoms with Crippen LogP contribution in [-0.2, 0) is 6.54 Å². The Labute approximate surface area is 116 Å². The maximum Gasteiger partial charge on any atom is 0.122 e. The van der Waals surface area contributed by atoms with Crippen molar-refractivity contribution in [3.63, 3.8) is 0 Å². The van der Waals surface area contributed by atoms with Gasteiger partial charge in [0.05, 0.1) is 7.11 Å². The van der Waals surface area contributed by atoms with Gasteiger partial charge >= 0.3 is 0 Å². The molecular formula is C16H26N2O. The number of benzene rings is 1. The molecule has 106 valence electrons. The fourth-order valence-electron chi connectivity index (χ4n) is 2.97. The predicted molar refractivity (Wildman–Crippen MR) is 79.5 cm³/mol. The lowest BCUT2D eigenvalue weighted by Gasteiger charge is -2.32. The van der Waals surface area contributed by atoms with Crippen LogP contribution in [-0.4, -0.2) is 31.6 Å². The average Bonchev–Trinajstić information content (AvgIpc) is 2.42. The van der Waals surface area contributed by atoms with Crippen molar-refractivity contribution in [2.75, 3.05) is 26.7 Å². The summed E-state index contributed by atoms with van der Waals surface area (Å²) in [6.07, 6.45) is 2.56. The van der Waals surface area contributed by atoms with Crippen molar-refractivity contribution in [3.8, 4) is 5.75 Å². The molecule has 3 heteroatoms. The molecule has 0 radical (unpaired) electrons. The summed E-state index contributed by atoms with van der Waals surface area (Å²) in [4.78, 5) is 2.54. The molecule has 3 nitrogen and oxygen atoms in total. The third-order valence-corrected chi connectivity index (χ3v) is 4.18. The number of rotatable bonds is 4. The second-order valence-corrected chi connectivity index (χ2v) is 5.73. The molecule has 0 amide bonds. The first kappa shape index (κ1) is 14.4. The van der Waals surface area contributed by atoms with E-state index in [-0.39, 0.29) is 0 Å². The molecule has 1 aromatic carbocycles. The summed E-state index contributed by atoms with van der Waals surface area (Å²) in [7, 11) is 1.73. The van der Waals surface area contributed by atoms with Crippen LogP contribution < -0.4 is 10.5 Å². The molecular weight excluding hydrogens is 236 g/mol. The van der Waals surface area contributed by atoms with Gasteiger partial charge in [-0.3, -0.25) is 4.90 Å². The van der Waals surface area contributed by atoms with Crippen molar-refractivity contribution in [3.05, 3.63) is 28.8 Å². The number of nitrogens with zero attached hydrogens (tertiary/aromatic N) is 1. The van der Waals surface area contributed by atoms with E-state index in [1.807, 2.05) is 0 Å². The molecule has 1 aromatic rings. The summed E-state index contributed by atoms with van der Waals surface area (Å²) in [6, 6.07) is 4.41. The third-order valence-electron chi connectivity index (χ3n) is 4.18. The number of piperidine rings is 1. The Morgan fingerprint density at radius 3 is 2.79 bits per heavy atom. The van der Waals surface area contributed by atoms with Crippen LogP contribution in [0.2, 0.25) is 0 Å². The summed E-state index contributed by atoms with van der Waals surface area (Å²) >= 11 is 0. The summed E-state index contributed by atoms with van der Waals surface area (Å²) in [6.45, 7) is 8.47. The molecule has 2 rings (SSSR count). The maximum absolute atomic E-state index is 5.81. The monoisotopic (exact) mass is 262 g/mol. The highest BCUT2D eigenvalue weighted by molar-refractivity contribution is 5.41. The van der Waals surface area contributed by atoms with E-state index in [2.05, 4.69) is 30.9 Å². The molecule has 0 aliphatic carbocycles. The van der Waals surface area contributed by atoms with Crippen molar-refractivity contribution < 1.29 is 4.74 Å². The van der Waals surface area contributed by atoms with Crippen LogP contribution in [0, 0.1) is 19.8 Å². The van der Waals surface area contributed by atoms with Gasteiger partial charge in [-0.1, -0.05) is 6.07 Å². The summed E-state index contributed by atoms with van der Waals surface area (Å²) < 4.78 is 5.38. The minimum atomic E-state index is 0.674. The largest absolute Gasteiger partial charge is 0.496 e. The second-order valence-electron chi connectivity index (χ2n) is 5.73. The first-order chi connectivity index (χ1) is 9.13. The van der Waals surface area contributed by atoms with Gasteiger partial charge in [0.25, 0.3) is 0 Å². The quantitative estimate of drug-likeness (QED) is 0.906. The molecule has 2 N–H and O–H groups in total. The molecule has 0 bridgehead atoms. The maximum atomic E-state index is 5.81. The minimum absolute atomic E-state index is 0.674. The first-order valence-electron chi connectivity index (χ1n) is 7.20. The van der Waals surface area contributed by atoms with Crippen LogP contribution >= 0.6 is 0 Å². The summed E-state index contributed by atoms with van der Waals surface area (Å²) in [5, 5.41) is 0. The number of hydrogen-bond acceptors (Lipinski definition) is 3. The van der Waals surface area contributed by atoms with E-state index in [4.69, 9.17) is 10.5 Å². The van der Waals surface area contributed by atoms with Crippen molar-refractivity contribution in [1.29, 1.82) is 0 Å². The Hall–Kier alpha value is -1.06. The smallest absolute Gasteiger partial charge is 0.122 e. The van der Waals surface area contributed by atoms with Crippen molar-refractivity contribution >= 4 is 0 Å². The zero-order chi connectivity index (χ0) is 13.8. The van der Waals surface area contributed by atoms with Gasteiger partial charge in [-0.05, 0) is 68.5 Å². The van der Waals surface area contributed by atoms with Crippen molar-refractivity contribution in [1.82, 2.24) is 4.90 Å². The topological polar surface area (TPSA) is 38.5 Å². The van der Waals surface area contributed by atoms with E-state index in [0.717, 1.165) is 25.4 Å². The van der Waals surface area contributed by atoms with Gasteiger partial charge in [-0.2, -0.15) is 0 Å². The molecule has 1 unspecified atom stereocenters. The van der Waals surface area contributed by atoms with Crippen LogP contribution in [0.25, 0.3) is 0 Å². The number of ether oxygens (including phenoxy) is 1. The molecule has 1 aliphatic heterocycles. The normalized spacial score (nSPS) is 20.5. The molecule has 19 heavy (non-hydrogen) atoms. The number of nitrogens with two attached hydrogens (primary N) is 1. The standard InChI is InChI=1S/C16H26N2O/c1-12-8-16(19-3)13(2)7-15(12)11-18-6-4-5-14(9-17)10-18/h7-8,14H,4-6,9-11,17H2,1-3H3. The zero-order valence-electron chi connectivity index (χ0n) is 12.4. The van der Waals surface area contributed by atoms with Crippen LogP contribution in [0.1, 0.15) is 29.5 Å². The van der Waals surface area contributed by atoms with E-state index < -0.39 is 0 Å². The van der Waals surface area contributed by atoms with E-state index in [1.54, 1.807) is 7.11 Å². The average molecular weight is 262 g/mol. The number of aryl methyl sites for hydroxylation is 2. The number of hydrogen-bond donors (Lipinski definition) is 1. The highest BCUT2D eigenvalue weighted by Gasteiger charge is 2.19. The summed E-state index contributed by atoms with van der Waals surface area (Å²) in [5.41, 5.74) is 9.76. The van der Waals surface area contributed by atoms with Gasteiger partial charge in [0.2, 0.25) is 0 Å². The Morgan fingerprint density at radius 1 is 1.32 bits per heavy atom. The lowest BCUT2D eigenvalue weighted by Crippen LogP contribution is -2.38. The fourth-order valence-corrected chi connectivity index (χ4v) is 2.97. The predicted octanol–water partition coefficient (Wildman–Crippen LogP) is 2.48. The lowest BCUT2D eigenvalue weighted by molar-refractivity contribution is 0.170. The third kappa shape index (κ3) is 3.48. The van der Waals surface area contributed by atoms with E-state index in [9.17, 15) is 0 Å². The van der Waals surface area contributed by atoms with Crippen LogP contribution in [0.15, 0.2) is 12.1 Å². The summed E-state index contributed by atoms with van der Waals surface area (Å²) in [5.74, 6) is 1.66. The number of methoxy groups -OCH3 is 1. The Kier molecular flexibility index (Phi) is 4.83. The van der Waals surface area contributed by atoms with Gasteiger partial charge in [0.1, 0.15) is 5.75 Å². The van der Waals surface area contributed by atoms with Crippen LogP contribution in [0.5, 0.6) is 5.75 Å². The second kappa shape index (κ2) is 6.40. The van der Waals surface area contributed by atoms with E-state index in [0.29, 0.717) is 5.92 Å². The Bertz CT molecular complexity index is 431. The van der Waals surface area contributed by atoms with Crippen molar-refractivity contribution in [2.24, 2.45) is 11.7 Å². The van der Waals surface area contributed by atoms with Gasteiger partial charge in [-0.25, -0.2) is 0 Å². The first-order valence-corrected chi connectivity index (χ1v) is 7.20. The molecule has 0 spiro atoms. The molecule has 1 fully saturated rings. The molecule has 1 aliphatic rings. The highest BCUT2D eigenvalue weighted by atomic mass is 16.5. The van der Waals surface area contributed by atoms with E-state index in [1.165, 1.54) is 36.1 Å². The van der Waals surface area contributed by atoms with Gasteiger partial charge < -0.3 is 10.5 Å². The lowest BCUT2D eigenvalue weighted by atomic mass is 9.97. The SMILES string of the molecule is COc1cc(C)c(CN2CCCC(CN)C2)cc1C. The molecule has 0 aromatic heterocycles. The van der Waals surface area contributed by atoms with Crippen molar-refractivity contribution in [2.45, 2.75) is 33.2 Å². The fraction of sp³-hybridized carbons (Fsp3) is 0.625. The molecule has 0 saturated carbocycles. The van der Waals surface area contributed by atoms with Gasteiger partial charge in [0.15, 0.2) is 0 Å². The Balaban J connectivity index is 2.08. The minimum Gasteiger partial charge on any atom is -0.496 e. The van der Waals surface area contributed by atoms with E-state index >= 15 is 0 Å². The Morgan fingerprint density at radius 2 is 2.11 bits per heavy atom. The molecule has 1 saturated heterocycles. The highest BCUT2D eigenvalue weighted by Crippen LogP contribution is 2.25. The van der Waals surface area contributed by atoms with Crippen LogP contribution in [0.3, 0.4) is 0 Å². The molecule has 1 heterocycles. The van der Waals surface area contributed by atoms with Crippen LogP contribution in [0.4, 0.5) is 0 Å².